The quantitative estimate of drug-likeness (QED) is 0.243. The summed E-state index contributed by atoms with van der Waals surface area (Å²) >= 11 is 0. The zero-order valence-electron chi connectivity index (χ0n) is 30.4. The van der Waals surface area contributed by atoms with Gasteiger partial charge in [0.25, 0.3) is 0 Å². The number of fused-ring (bicyclic) bond motifs is 3. The Morgan fingerprint density at radius 2 is 1.63 bits per heavy atom. The molecule has 8 rings (SSSR count). The number of hydrogen-bond donors (Lipinski definition) is 0. The van der Waals surface area contributed by atoms with Crippen LogP contribution in [0.4, 0.5) is 0 Å². The molecule has 1 unspecified atom stereocenters. The maximum Gasteiger partial charge on any atom is 0.0494 e. The fourth-order valence-electron chi connectivity index (χ4n) is 9.05. The van der Waals surface area contributed by atoms with E-state index < -0.39 is 0 Å². The Morgan fingerprint density at radius 1 is 0.745 bits per heavy atom. The zero-order chi connectivity index (χ0) is 34.6. The van der Waals surface area contributed by atoms with Crippen molar-refractivity contribution < 1.29 is 0 Å². The smallest absolute Gasteiger partial charge is 0.0494 e. The third-order valence-corrected chi connectivity index (χ3v) is 11.6. The van der Waals surface area contributed by atoms with Gasteiger partial charge in [0.15, 0.2) is 0 Å². The van der Waals surface area contributed by atoms with Gasteiger partial charge in [0, 0.05) is 45.8 Å². The maximum atomic E-state index is 4.32. The van der Waals surface area contributed by atoms with Crippen molar-refractivity contribution in [3.63, 3.8) is 0 Å². The summed E-state index contributed by atoms with van der Waals surface area (Å²) < 4.78 is 2.66. The molecular weight excluding hydrogens is 617 g/mol. The van der Waals surface area contributed by atoms with Gasteiger partial charge in [-0.05, 0) is 153 Å². The molecule has 0 saturated carbocycles. The molecule has 1 aromatic heterocycles. The molecule has 0 saturated heterocycles. The predicted octanol–water partition coefficient (Wildman–Crippen LogP) is 13.5. The first-order chi connectivity index (χ1) is 25.2. The van der Waals surface area contributed by atoms with E-state index in [0.29, 0.717) is 6.04 Å². The Hall–Kier alpha value is -4.82. The molecule has 0 spiro atoms. The molecule has 0 bridgehead atoms. The Labute approximate surface area is 305 Å². The number of rotatable bonds is 7. The van der Waals surface area contributed by atoms with Crippen LogP contribution in [0.3, 0.4) is 0 Å². The molecule has 3 aromatic rings. The first-order valence-corrected chi connectivity index (χ1v) is 19.5. The van der Waals surface area contributed by atoms with Crippen molar-refractivity contribution in [1.82, 2.24) is 9.47 Å². The van der Waals surface area contributed by atoms with Crippen molar-refractivity contribution in [1.29, 1.82) is 0 Å². The van der Waals surface area contributed by atoms with Gasteiger partial charge in [-0.3, -0.25) is 0 Å². The van der Waals surface area contributed by atoms with Crippen LogP contribution >= 0.6 is 0 Å². The first-order valence-electron chi connectivity index (χ1n) is 19.5. The standard InChI is InChI=1S/C49H52N2/c1-3-15-40-26-25-38(21-14-33-50(47(40)4-2)43-30-27-39(28-31-43)36-16-7-5-8-17-36)42-29-32-49-46(35-42)45-23-11-12-24-48(45)51(49)44-22-13-20-41(34-44)37-18-9-6-10-19-37/h3-4,9,11-12,14-16,18-21,23-25,27,29-30,32,35,44H,2,5-8,10,13,17,22,26,28,31,33-34H2,1H3/b15-3-,21-14-,38-25+,47-40-. The molecule has 0 N–H and O–H groups in total. The summed E-state index contributed by atoms with van der Waals surface area (Å²) in [4.78, 5) is 2.50. The van der Waals surface area contributed by atoms with E-state index in [1.54, 1.807) is 5.57 Å². The van der Waals surface area contributed by atoms with Gasteiger partial charge in [-0.25, -0.2) is 0 Å². The summed E-state index contributed by atoms with van der Waals surface area (Å²) in [5.74, 6) is 0. The molecule has 2 nitrogen and oxygen atoms in total. The number of para-hydroxylation sites is 1. The van der Waals surface area contributed by atoms with Crippen LogP contribution in [0.1, 0.15) is 95.6 Å². The second-order valence-corrected chi connectivity index (χ2v) is 14.7. The van der Waals surface area contributed by atoms with Crippen molar-refractivity contribution in [2.24, 2.45) is 0 Å². The largest absolute Gasteiger partial charge is 0.341 e. The molecule has 0 radical (unpaired) electrons. The summed E-state index contributed by atoms with van der Waals surface area (Å²) in [5.41, 5.74) is 15.2. The lowest BCUT2D eigenvalue weighted by Crippen LogP contribution is -2.24. The number of allylic oxidation sites excluding steroid dienone is 19. The second-order valence-electron chi connectivity index (χ2n) is 14.7. The third-order valence-electron chi connectivity index (χ3n) is 11.6. The number of nitrogens with zero attached hydrogens (tertiary/aromatic N) is 2. The highest BCUT2D eigenvalue weighted by atomic mass is 15.1. The topological polar surface area (TPSA) is 8.17 Å². The molecule has 258 valence electrons. The van der Waals surface area contributed by atoms with E-state index in [1.807, 2.05) is 0 Å². The van der Waals surface area contributed by atoms with Crippen LogP contribution in [-0.2, 0) is 0 Å². The lowest BCUT2D eigenvalue weighted by molar-refractivity contribution is 0.458. The van der Waals surface area contributed by atoms with Gasteiger partial charge in [0.2, 0.25) is 0 Å². The minimum Gasteiger partial charge on any atom is -0.341 e. The van der Waals surface area contributed by atoms with Crippen LogP contribution in [0.5, 0.6) is 0 Å². The molecule has 2 aromatic carbocycles. The van der Waals surface area contributed by atoms with E-state index >= 15 is 0 Å². The number of hydrogen-bond acceptors (Lipinski definition) is 1. The minimum absolute atomic E-state index is 0.453. The summed E-state index contributed by atoms with van der Waals surface area (Å²) in [5, 5.41) is 2.70. The molecular formula is C49H52N2. The maximum absolute atomic E-state index is 4.32. The van der Waals surface area contributed by atoms with E-state index in [-0.39, 0.29) is 0 Å². The zero-order valence-corrected chi connectivity index (χ0v) is 30.4. The van der Waals surface area contributed by atoms with Crippen LogP contribution in [-0.4, -0.2) is 16.0 Å². The van der Waals surface area contributed by atoms with Crippen molar-refractivity contribution in [2.75, 3.05) is 6.54 Å². The van der Waals surface area contributed by atoms with Gasteiger partial charge in [-0.15, -0.1) is 0 Å². The summed E-state index contributed by atoms with van der Waals surface area (Å²) in [6.07, 6.45) is 44.4. The molecule has 0 fully saturated rings. The SMILES string of the molecule is C=C/C1=C(\C=C/C)C/C=C(c2ccc3c(c2)c2ccccc2n3C2CCC=C(C3=CCCC=C3)C2)\C=C/CN1C1=CC=C(C2=CCCCC2)CC1. The van der Waals surface area contributed by atoms with Crippen molar-refractivity contribution in [3.8, 4) is 0 Å². The van der Waals surface area contributed by atoms with Gasteiger partial charge in [0.1, 0.15) is 0 Å². The molecule has 1 aliphatic heterocycles. The highest BCUT2D eigenvalue weighted by molar-refractivity contribution is 6.09. The second kappa shape index (κ2) is 15.2. The van der Waals surface area contributed by atoms with Crippen molar-refractivity contribution >= 4 is 27.4 Å². The minimum atomic E-state index is 0.453. The molecule has 51 heavy (non-hydrogen) atoms. The predicted molar refractivity (Wildman–Crippen MR) is 219 cm³/mol. The molecule has 0 amide bonds. The lowest BCUT2D eigenvalue weighted by Gasteiger charge is -2.31. The Bertz CT molecular complexity index is 2160. The molecule has 5 aliphatic rings. The van der Waals surface area contributed by atoms with Gasteiger partial charge in [0.05, 0.1) is 0 Å². The summed E-state index contributed by atoms with van der Waals surface area (Å²) in [6, 6.07) is 16.7. The lowest BCUT2D eigenvalue weighted by atomic mass is 9.87. The van der Waals surface area contributed by atoms with E-state index in [1.165, 1.54) is 98.7 Å². The Balaban J connectivity index is 1.13. The Morgan fingerprint density at radius 3 is 2.43 bits per heavy atom. The van der Waals surface area contributed by atoms with Gasteiger partial charge in [-0.1, -0.05) is 97.7 Å². The monoisotopic (exact) mass is 668 g/mol. The first kappa shape index (κ1) is 33.3. The average Bonchev–Trinajstić information content (AvgIpc) is 3.56. The van der Waals surface area contributed by atoms with Crippen molar-refractivity contribution in [3.05, 3.63) is 173 Å². The summed E-state index contributed by atoms with van der Waals surface area (Å²) in [7, 11) is 0. The normalized spacial score (nSPS) is 24.9. The average molecular weight is 669 g/mol. The van der Waals surface area contributed by atoms with Crippen LogP contribution < -0.4 is 0 Å². The van der Waals surface area contributed by atoms with E-state index in [4.69, 9.17) is 0 Å². The highest BCUT2D eigenvalue weighted by Gasteiger charge is 2.24. The van der Waals surface area contributed by atoms with Crippen molar-refractivity contribution in [2.45, 2.75) is 90.0 Å². The van der Waals surface area contributed by atoms with Crippen LogP contribution in [0, 0.1) is 0 Å². The number of aromatic nitrogens is 1. The molecule has 4 aliphatic carbocycles. The van der Waals surface area contributed by atoms with Gasteiger partial charge >= 0.3 is 0 Å². The fourth-order valence-corrected chi connectivity index (χ4v) is 9.05. The van der Waals surface area contributed by atoms with E-state index in [9.17, 15) is 0 Å². The van der Waals surface area contributed by atoms with Gasteiger partial charge < -0.3 is 9.47 Å². The van der Waals surface area contributed by atoms with Crippen LogP contribution in [0.15, 0.2) is 167 Å². The van der Waals surface area contributed by atoms with E-state index in [0.717, 1.165) is 51.5 Å². The third kappa shape index (κ3) is 6.81. The molecule has 2 heterocycles. The summed E-state index contributed by atoms with van der Waals surface area (Å²) in [6.45, 7) is 7.27. The number of benzene rings is 2. The van der Waals surface area contributed by atoms with Crippen LogP contribution in [0.2, 0.25) is 0 Å². The van der Waals surface area contributed by atoms with E-state index in [2.05, 4.69) is 144 Å². The molecule has 2 heteroatoms. The Kier molecular flexibility index (Phi) is 9.93. The fraction of sp³-hybridized carbons (Fsp3) is 0.306. The molecule has 1 atom stereocenters. The highest BCUT2D eigenvalue weighted by Crippen LogP contribution is 2.41. The van der Waals surface area contributed by atoms with Crippen LogP contribution in [0.25, 0.3) is 27.4 Å². The van der Waals surface area contributed by atoms with Gasteiger partial charge in [-0.2, -0.15) is 0 Å².